The van der Waals surface area contributed by atoms with Crippen molar-refractivity contribution in [2.24, 2.45) is 0 Å². The van der Waals surface area contributed by atoms with Gasteiger partial charge in [0.1, 0.15) is 0 Å². The molecule has 1 aliphatic heterocycles. The average molecular weight is 297 g/mol. The number of nitrogens with one attached hydrogen (secondary N) is 1. The number of fused-ring (bicyclic) bond motifs is 1. The van der Waals surface area contributed by atoms with Gasteiger partial charge in [-0.2, -0.15) is 0 Å². The summed E-state index contributed by atoms with van der Waals surface area (Å²) in [6.07, 6.45) is 1.26. The van der Waals surface area contributed by atoms with Crippen LogP contribution >= 0.6 is 0 Å². The van der Waals surface area contributed by atoms with Crippen molar-refractivity contribution in [3.8, 4) is 11.5 Å². The lowest BCUT2D eigenvalue weighted by Gasteiger charge is -2.08. The van der Waals surface area contributed by atoms with Gasteiger partial charge in [-0.25, -0.2) is 0 Å². The van der Waals surface area contributed by atoms with Gasteiger partial charge in [0.05, 0.1) is 0 Å². The summed E-state index contributed by atoms with van der Waals surface area (Å²) in [6, 6.07) is 13.9. The van der Waals surface area contributed by atoms with Gasteiger partial charge in [0.15, 0.2) is 11.5 Å². The molecule has 0 saturated heterocycles. The van der Waals surface area contributed by atoms with E-state index in [1.54, 1.807) is 0 Å². The molecule has 0 bridgehead atoms. The number of hydrogen-bond acceptors (Lipinski definition) is 3. The fourth-order valence-corrected chi connectivity index (χ4v) is 2.48. The van der Waals surface area contributed by atoms with Crippen LogP contribution in [-0.4, -0.2) is 12.7 Å². The largest absolute Gasteiger partial charge is 0.454 e. The van der Waals surface area contributed by atoms with Crippen LogP contribution in [0.2, 0.25) is 0 Å². The van der Waals surface area contributed by atoms with Crippen LogP contribution in [0.25, 0.3) is 0 Å². The molecule has 0 aliphatic carbocycles. The van der Waals surface area contributed by atoms with E-state index in [9.17, 15) is 4.79 Å². The highest BCUT2D eigenvalue weighted by Crippen LogP contribution is 2.32. The van der Waals surface area contributed by atoms with Crippen molar-refractivity contribution in [2.45, 2.75) is 26.3 Å². The van der Waals surface area contributed by atoms with E-state index in [2.05, 4.69) is 24.4 Å². The molecule has 0 fully saturated rings. The van der Waals surface area contributed by atoms with Crippen molar-refractivity contribution in [3.63, 3.8) is 0 Å². The van der Waals surface area contributed by atoms with Crippen molar-refractivity contribution in [2.75, 3.05) is 6.79 Å². The Bertz CT molecular complexity index is 682. The number of carbonyl (C=O) groups is 1. The van der Waals surface area contributed by atoms with Crippen molar-refractivity contribution >= 4 is 5.91 Å². The summed E-state index contributed by atoms with van der Waals surface area (Å²) in [4.78, 5) is 12.0. The standard InChI is InChI=1S/C18H19NO3/c1-13-4-2-3-5-15(13)7-9-18(20)19-11-14-6-8-16-17(10-14)22-12-21-16/h2-6,8,10H,7,9,11-12H2,1H3,(H,19,20). The van der Waals surface area contributed by atoms with Crippen molar-refractivity contribution < 1.29 is 14.3 Å². The Kier molecular flexibility index (Phi) is 4.28. The lowest BCUT2D eigenvalue weighted by atomic mass is 10.0. The van der Waals surface area contributed by atoms with Gasteiger partial charge in [-0.3, -0.25) is 4.79 Å². The topological polar surface area (TPSA) is 47.6 Å². The van der Waals surface area contributed by atoms with Crippen molar-refractivity contribution in [1.29, 1.82) is 0 Å². The minimum Gasteiger partial charge on any atom is -0.454 e. The van der Waals surface area contributed by atoms with Crippen LogP contribution in [-0.2, 0) is 17.8 Å². The number of amides is 1. The van der Waals surface area contributed by atoms with Crippen LogP contribution < -0.4 is 14.8 Å². The van der Waals surface area contributed by atoms with Crippen LogP contribution in [0, 0.1) is 6.92 Å². The smallest absolute Gasteiger partial charge is 0.231 e. The summed E-state index contributed by atoms with van der Waals surface area (Å²) in [6.45, 7) is 2.84. The van der Waals surface area contributed by atoms with E-state index in [4.69, 9.17) is 9.47 Å². The van der Waals surface area contributed by atoms with Crippen molar-refractivity contribution in [3.05, 3.63) is 59.2 Å². The number of ether oxygens (including phenoxy) is 2. The molecule has 4 heteroatoms. The van der Waals surface area contributed by atoms with Gasteiger partial charge in [-0.05, 0) is 42.2 Å². The van der Waals surface area contributed by atoms with Gasteiger partial charge < -0.3 is 14.8 Å². The van der Waals surface area contributed by atoms with E-state index in [-0.39, 0.29) is 12.7 Å². The second kappa shape index (κ2) is 6.52. The highest BCUT2D eigenvalue weighted by Gasteiger charge is 2.13. The lowest BCUT2D eigenvalue weighted by molar-refractivity contribution is -0.121. The first-order valence-corrected chi connectivity index (χ1v) is 7.42. The minimum atomic E-state index is 0.0564. The van der Waals surface area contributed by atoms with E-state index in [1.165, 1.54) is 11.1 Å². The summed E-state index contributed by atoms with van der Waals surface area (Å²) in [7, 11) is 0. The summed E-state index contributed by atoms with van der Waals surface area (Å²) in [5.41, 5.74) is 3.46. The molecule has 0 unspecified atom stereocenters. The molecular formula is C18H19NO3. The Morgan fingerprint density at radius 1 is 1.14 bits per heavy atom. The zero-order valence-electron chi connectivity index (χ0n) is 12.6. The van der Waals surface area contributed by atoms with Crippen LogP contribution in [0.5, 0.6) is 11.5 Å². The minimum absolute atomic E-state index is 0.0564. The first-order chi connectivity index (χ1) is 10.7. The second-order valence-corrected chi connectivity index (χ2v) is 5.39. The fourth-order valence-electron chi connectivity index (χ4n) is 2.48. The van der Waals surface area contributed by atoms with Gasteiger partial charge in [0.2, 0.25) is 12.7 Å². The zero-order chi connectivity index (χ0) is 15.4. The SMILES string of the molecule is Cc1ccccc1CCC(=O)NCc1ccc2c(c1)OCO2. The van der Waals surface area contributed by atoms with Gasteiger partial charge in [0.25, 0.3) is 0 Å². The fraction of sp³-hybridized carbons (Fsp3) is 0.278. The second-order valence-electron chi connectivity index (χ2n) is 5.39. The van der Waals surface area contributed by atoms with Crippen molar-refractivity contribution in [1.82, 2.24) is 5.32 Å². The van der Waals surface area contributed by atoms with Gasteiger partial charge in [0, 0.05) is 13.0 Å². The van der Waals surface area contributed by atoms with Crippen LogP contribution in [0.15, 0.2) is 42.5 Å². The highest BCUT2D eigenvalue weighted by atomic mass is 16.7. The summed E-state index contributed by atoms with van der Waals surface area (Å²) in [5, 5.41) is 2.94. The van der Waals surface area contributed by atoms with Crippen LogP contribution in [0.4, 0.5) is 0 Å². The third-order valence-electron chi connectivity index (χ3n) is 3.81. The lowest BCUT2D eigenvalue weighted by Crippen LogP contribution is -2.23. The molecule has 1 amide bonds. The molecule has 2 aromatic rings. The predicted molar refractivity (Wildman–Crippen MR) is 83.9 cm³/mol. The number of rotatable bonds is 5. The molecule has 0 spiro atoms. The Morgan fingerprint density at radius 3 is 2.82 bits per heavy atom. The summed E-state index contributed by atoms with van der Waals surface area (Å²) < 4.78 is 10.6. The third-order valence-corrected chi connectivity index (χ3v) is 3.81. The molecule has 4 nitrogen and oxygen atoms in total. The zero-order valence-corrected chi connectivity index (χ0v) is 12.6. The Labute approximate surface area is 130 Å². The third kappa shape index (κ3) is 3.39. The molecule has 114 valence electrons. The molecule has 3 rings (SSSR count). The number of carbonyl (C=O) groups excluding carboxylic acids is 1. The van der Waals surface area contributed by atoms with Gasteiger partial charge in [-0.15, -0.1) is 0 Å². The molecular weight excluding hydrogens is 278 g/mol. The average Bonchev–Trinajstić information content (AvgIpc) is 2.99. The monoisotopic (exact) mass is 297 g/mol. The van der Waals surface area contributed by atoms with Gasteiger partial charge in [-0.1, -0.05) is 30.3 Å². The maximum absolute atomic E-state index is 12.0. The van der Waals surface area contributed by atoms with E-state index < -0.39 is 0 Å². The molecule has 1 N–H and O–H groups in total. The summed E-state index contributed by atoms with van der Waals surface area (Å²) >= 11 is 0. The van der Waals surface area contributed by atoms with Crippen LogP contribution in [0.1, 0.15) is 23.1 Å². The first kappa shape index (κ1) is 14.4. The highest BCUT2D eigenvalue weighted by molar-refractivity contribution is 5.76. The quantitative estimate of drug-likeness (QED) is 0.923. The number of aryl methyl sites for hydroxylation is 2. The Morgan fingerprint density at radius 2 is 1.95 bits per heavy atom. The molecule has 1 aliphatic rings. The maximum atomic E-state index is 12.0. The molecule has 0 atom stereocenters. The van der Waals surface area contributed by atoms with E-state index in [1.807, 2.05) is 30.3 Å². The summed E-state index contributed by atoms with van der Waals surface area (Å²) in [5.74, 6) is 1.56. The normalized spacial score (nSPS) is 12.2. The van der Waals surface area contributed by atoms with E-state index in [0.29, 0.717) is 13.0 Å². The predicted octanol–water partition coefficient (Wildman–Crippen LogP) is 2.97. The molecule has 0 aromatic heterocycles. The number of benzene rings is 2. The van der Waals surface area contributed by atoms with E-state index in [0.717, 1.165) is 23.5 Å². The molecule has 0 saturated carbocycles. The Balaban J connectivity index is 1.49. The van der Waals surface area contributed by atoms with Gasteiger partial charge >= 0.3 is 0 Å². The molecule has 1 heterocycles. The molecule has 22 heavy (non-hydrogen) atoms. The molecule has 2 aromatic carbocycles. The van der Waals surface area contributed by atoms with Crippen LogP contribution in [0.3, 0.4) is 0 Å². The first-order valence-electron chi connectivity index (χ1n) is 7.42. The van der Waals surface area contributed by atoms with E-state index >= 15 is 0 Å². The molecule has 0 radical (unpaired) electrons. The number of hydrogen-bond donors (Lipinski definition) is 1. The maximum Gasteiger partial charge on any atom is 0.231 e. The Hall–Kier alpha value is -2.49.